The summed E-state index contributed by atoms with van der Waals surface area (Å²) in [6, 6.07) is 8.78. The lowest BCUT2D eigenvalue weighted by Gasteiger charge is -2.32. The fraction of sp³-hybridized carbons (Fsp3) is 0.462. The number of hydrogen-bond donors (Lipinski definition) is 1. The number of nitrogens with zero attached hydrogens (tertiary/aromatic N) is 2. The Bertz CT molecular complexity index is 1260. The molecule has 0 radical (unpaired) electrons. The van der Waals surface area contributed by atoms with Gasteiger partial charge in [0, 0.05) is 19.2 Å². The second-order valence-electron chi connectivity index (χ2n) is 8.83. The maximum atomic E-state index is 13.7. The average Bonchev–Trinajstić information content (AvgIpc) is 2.91. The van der Waals surface area contributed by atoms with Crippen molar-refractivity contribution in [1.29, 1.82) is 0 Å². The number of rotatable bonds is 12. The van der Waals surface area contributed by atoms with Crippen molar-refractivity contribution >= 4 is 50.7 Å². The van der Waals surface area contributed by atoms with Crippen LogP contribution < -0.4 is 19.1 Å². The molecule has 1 aliphatic rings. The van der Waals surface area contributed by atoms with Gasteiger partial charge < -0.3 is 19.7 Å². The standard InChI is InChI=1S/C26H33Cl2N3O6S/c1-4-6-11-29-26(33)18(3)30(16-19-7-9-21(27)22(28)14-19)25(32)17-31(38(34,35)5-2)20-8-10-23-24(15-20)37-13-12-36-23/h7-10,14-15,18H,4-6,11-13,16-17H2,1-3H3,(H,29,33)/t18-/m0/s1. The van der Waals surface area contributed by atoms with Crippen LogP contribution in [0.25, 0.3) is 0 Å². The third kappa shape index (κ3) is 7.45. The Kier molecular flexibility index (Phi) is 10.5. The number of anilines is 1. The lowest BCUT2D eigenvalue weighted by Crippen LogP contribution is -2.51. The number of ether oxygens (including phenoxy) is 2. The molecule has 0 bridgehead atoms. The van der Waals surface area contributed by atoms with Crippen LogP contribution in [0, 0.1) is 0 Å². The van der Waals surface area contributed by atoms with Gasteiger partial charge in [0.1, 0.15) is 25.8 Å². The van der Waals surface area contributed by atoms with Gasteiger partial charge in [-0.2, -0.15) is 0 Å². The molecule has 12 heteroatoms. The van der Waals surface area contributed by atoms with Gasteiger partial charge in [-0.05, 0) is 50.1 Å². The number of amides is 2. The highest BCUT2D eigenvalue weighted by molar-refractivity contribution is 7.92. The SMILES string of the molecule is CCCCNC(=O)[C@H](C)N(Cc1ccc(Cl)c(Cl)c1)C(=O)CN(c1ccc2c(c1)OCCO2)S(=O)(=O)CC. The van der Waals surface area contributed by atoms with E-state index in [-0.39, 0.29) is 23.9 Å². The molecular weight excluding hydrogens is 553 g/mol. The van der Waals surface area contributed by atoms with E-state index >= 15 is 0 Å². The van der Waals surface area contributed by atoms with E-state index in [1.54, 1.807) is 43.3 Å². The maximum absolute atomic E-state index is 13.7. The minimum Gasteiger partial charge on any atom is -0.486 e. The van der Waals surface area contributed by atoms with Crippen LogP contribution >= 0.6 is 23.2 Å². The van der Waals surface area contributed by atoms with Crippen LogP contribution in [0.3, 0.4) is 0 Å². The molecule has 1 atom stereocenters. The predicted molar refractivity (Wildman–Crippen MR) is 149 cm³/mol. The smallest absolute Gasteiger partial charge is 0.244 e. The normalized spacial score (nSPS) is 13.5. The second kappa shape index (κ2) is 13.4. The predicted octanol–water partition coefficient (Wildman–Crippen LogP) is 4.25. The number of fused-ring (bicyclic) bond motifs is 1. The van der Waals surface area contributed by atoms with Crippen molar-refractivity contribution in [2.24, 2.45) is 0 Å². The molecule has 0 unspecified atom stereocenters. The summed E-state index contributed by atoms with van der Waals surface area (Å²) in [6.45, 7) is 5.84. The van der Waals surface area contributed by atoms with Gasteiger partial charge in [0.05, 0.1) is 21.5 Å². The van der Waals surface area contributed by atoms with Crippen LogP contribution in [0.5, 0.6) is 11.5 Å². The van der Waals surface area contributed by atoms with Crippen molar-refractivity contribution in [1.82, 2.24) is 10.2 Å². The summed E-state index contributed by atoms with van der Waals surface area (Å²) in [5, 5.41) is 3.51. The van der Waals surface area contributed by atoms with E-state index in [1.165, 1.54) is 11.8 Å². The Morgan fingerprint density at radius 2 is 1.74 bits per heavy atom. The fourth-order valence-electron chi connectivity index (χ4n) is 3.86. The third-order valence-electron chi connectivity index (χ3n) is 6.13. The summed E-state index contributed by atoms with van der Waals surface area (Å²) in [5.41, 5.74) is 0.907. The van der Waals surface area contributed by atoms with Gasteiger partial charge >= 0.3 is 0 Å². The first-order valence-corrected chi connectivity index (χ1v) is 14.8. The first kappa shape index (κ1) is 29.9. The highest BCUT2D eigenvalue weighted by Crippen LogP contribution is 2.35. The van der Waals surface area contributed by atoms with Crippen molar-refractivity contribution in [3.05, 3.63) is 52.0 Å². The lowest BCUT2D eigenvalue weighted by molar-refractivity contribution is -0.139. The largest absolute Gasteiger partial charge is 0.486 e. The molecule has 0 saturated carbocycles. The minimum atomic E-state index is -3.87. The Balaban J connectivity index is 1.93. The Morgan fingerprint density at radius 1 is 1.03 bits per heavy atom. The Hall–Kier alpha value is -2.69. The molecule has 1 N–H and O–H groups in total. The van der Waals surface area contributed by atoms with Gasteiger partial charge in [-0.15, -0.1) is 0 Å². The average molecular weight is 587 g/mol. The molecule has 0 fully saturated rings. The maximum Gasteiger partial charge on any atom is 0.244 e. The highest BCUT2D eigenvalue weighted by Gasteiger charge is 2.31. The molecule has 2 amide bonds. The topological polar surface area (TPSA) is 105 Å². The molecule has 1 aliphatic heterocycles. The van der Waals surface area contributed by atoms with Gasteiger partial charge in [-0.25, -0.2) is 8.42 Å². The quantitative estimate of drug-likeness (QED) is 0.373. The Morgan fingerprint density at radius 3 is 2.39 bits per heavy atom. The van der Waals surface area contributed by atoms with Gasteiger partial charge in [-0.3, -0.25) is 13.9 Å². The summed E-state index contributed by atoms with van der Waals surface area (Å²) >= 11 is 12.2. The molecule has 0 spiro atoms. The van der Waals surface area contributed by atoms with E-state index in [0.717, 1.165) is 17.1 Å². The summed E-state index contributed by atoms with van der Waals surface area (Å²) in [7, 11) is -3.87. The summed E-state index contributed by atoms with van der Waals surface area (Å²) < 4.78 is 38.4. The Labute approximate surface area is 234 Å². The first-order valence-electron chi connectivity index (χ1n) is 12.5. The molecule has 2 aromatic rings. The molecule has 3 rings (SSSR count). The number of halogens is 2. The zero-order chi connectivity index (χ0) is 27.9. The molecule has 9 nitrogen and oxygen atoms in total. The van der Waals surface area contributed by atoms with Crippen molar-refractivity contribution in [3.8, 4) is 11.5 Å². The zero-order valence-corrected chi connectivity index (χ0v) is 24.0. The summed E-state index contributed by atoms with van der Waals surface area (Å²) in [6.07, 6.45) is 1.70. The number of hydrogen-bond acceptors (Lipinski definition) is 6. The van der Waals surface area contributed by atoms with E-state index in [9.17, 15) is 18.0 Å². The molecule has 1 heterocycles. The number of benzene rings is 2. The number of carbonyl (C=O) groups is 2. The van der Waals surface area contributed by atoms with E-state index in [0.29, 0.717) is 46.9 Å². The molecular formula is C26H33Cl2N3O6S. The fourth-order valence-corrected chi connectivity index (χ4v) is 5.23. The van der Waals surface area contributed by atoms with Crippen LogP contribution in [0.1, 0.15) is 39.2 Å². The van der Waals surface area contributed by atoms with Crippen LogP contribution in [-0.2, 0) is 26.2 Å². The number of sulfonamides is 1. The lowest BCUT2D eigenvalue weighted by atomic mass is 10.1. The van der Waals surface area contributed by atoms with Gasteiger partial charge in [-0.1, -0.05) is 42.6 Å². The molecule has 208 valence electrons. The third-order valence-corrected chi connectivity index (χ3v) is 8.61. The minimum absolute atomic E-state index is 0.0270. The molecule has 0 saturated heterocycles. The highest BCUT2D eigenvalue weighted by atomic mass is 35.5. The van der Waals surface area contributed by atoms with Crippen LogP contribution in [0.2, 0.25) is 10.0 Å². The van der Waals surface area contributed by atoms with E-state index in [2.05, 4.69) is 5.32 Å². The van der Waals surface area contributed by atoms with Crippen LogP contribution in [-0.4, -0.2) is 63.2 Å². The monoisotopic (exact) mass is 585 g/mol. The van der Waals surface area contributed by atoms with Crippen LogP contribution in [0.15, 0.2) is 36.4 Å². The van der Waals surface area contributed by atoms with E-state index in [1.807, 2.05) is 6.92 Å². The van der Waals surface area contributed by atoms with Crippen molar-refractivity contribution in [3.63, 3.8) is 0 Å². The molecule has 2 aromatic carbocycles. The number of unbranched alkanes of at least 4 members (excludes halogenated alkanes) is 1. The molecule has 0 aromatic heterocycles. The zero-order valence-electron chi connectivity index (χ0n) is 21.7. The van der Waals surface area contributed by atoms with Crippen molar-refractivity contribution < 1.29 is 27.5 Å². The van der Waals surface area contributed by atoms with Crippen LogP contribution in [0.4, 0.5) is 5.69 Å². The molecule has 0 aliphatic carbocycles. The van der Waals surface area contributed by atoms with Gasteiger partial charge in [0.15, 0.2) is 11.5 Å². The summed E-state index contributed by atoms with van der Waals surface area (Å²) in [5.74, 6) is -0.223. The van der Waals surface area contributed by atoms with E-state index in [4.69, 9.17) is 32.7 Å². The summed E-state index contributed by atoms with van der Waals surface area (Å²) in [4.78, 5) is 28.0. The van der Waals surface area contributed by atoms with E-state index < -0.39 is 28.5 Å². The van der Waals surface area contributed by atoms with Gasteiger partial charge in [0.2, 0.25) is 21.8 Å². The first-order chi connectivity index (χ1) is 18.1. The van der Waals surface area contributed by atoms with Gasteiger partial charge in [0.25, 0.3) is 0 Å². The number of nitrogens with one attached hydrogen (secondary N) is 1. The number of carbonyl (C=O) groups excluding carboxylic acids is 2. The molecule has 38 heavy (non-hydrogen) atoms. The van der Waals surface area contributed by atoms with Crippen molar-refractivity contribution in [2.75, 3.05) is 36.4 Å². The second-order valence-corrected chi connectivity index (χ2v) is 11.8. The van der Waals surface area contributed by atoms with Crippen molar-refractivity contribution in [2.45, 2.75) is 46.2 Å².